The Morgan fingerprint density at radius 1 is 0.400 bits per heavy atom. The largest absolute Gasteiger partial charge is 0.491 e. The van der Waals surface area contributed by atoms with Crippen LogP contribution in [0.5, 0.6) is 5.75 Å². The minimum absolute atomic E-state index is 0.0189. The summed E-state index contributed by atoms with van der Waals surface area (Å²) >= 11 is 0. The quantitative estimate of drug-likeness (QED) is 0.0412. The summed E-state index contributed by atoms with van der Waals surface area (Å²) in [5.74, 6) is 0.548. The predicted molar refractivity (Wildman–Crippen MR) is 197 cm³/mol. The first-order chi connectivity index (χ1) is 27.0. The van der Waals surface area contributed by atoms with Gasteiger partial charge >= 0.3 is 0 Å². The maximum absolute atomic E-state index is 12.0. The van der Waals surface area contributed by atoms with Crippen LogP contribution >= 0.6 is 0 Å². The Morgan fingerprint density at radius 3 is 1.00 bits per heavy atom. The molecule has 19 heteroatoms. The summed E-state index contributed by atoms with van der Waals surface area (Å²) in [6.07, 6.45) is 0. The third-order valence-corrected chi connectivity index (χ3v) is 8.09. The van der Waals surface area contributed by atoms with Crippen molar-refractivity contribution in [1.82, 2.24) is 0 Å². The van der Waals surface area contributed by atoms with E-state index >= 15 is 0 Å². The first-order valence-corrected chi connectivity index (χ1v) is 19.6. The van der Waals surface area contributed by atoms with Crippen molar-refractivity contribution in [2.45, 2.75) is 4.90 Å². The lowest BCUT2D eigenvalue weighted by molar-refractivity contribution is -0.384. The van der Waals surface area contributed by atoms with E-state index in [9.17, 15) is 18.5 Å². The van der Waals surface area contributed by atoms with Gasteiger partial charge in [0.15, 0.2) is 0 Å². The van der Waals surface area contributed by atoms with Gasteiger partial charge in [-0.25, -0.2) is 0 Å². The summed E-state index contributed by atoms with van der Waals surface area (Å²) < 4.78 is 94.2. The number of hydrogen-bond acceptors (Lipinski definition) is 17. The zero-order chi connectivity index (χ0) is 39.3. The van der Waals surface area contributed by atoms with E-state index < -0.39 is 15.0 Å². The third kappa shape index (κ3) is 28.2. The Bertz CT molecular complexity index is 1270. The average molecular weight is 808 g/mol. The van der Waals surface area contributed by atoms with E-state index in [1.165, 1.54) is 24.3 Å². The second kappa shape index (κ2) is 34.4. The van der Waals surface area contributed by atoms with Crippen LogP contribution in [0.3, 0.4) is 0 Å². The lowest BCUT2D eigenvalue weighted by atomic mass is 10.3. The predicted octanol–water partition coefficient (Wildman–Crippen LogP) is 2.56. The van der Waals surface area contributed by atoms with Crippen LogP contribution in [0.15, 0.2) is 59.5 Å². The molecule has 0 N–H and O–H groups in total. The number of nitro benzene ring substituents is 1. The van der Waals surface area contributed by atoms with E-state index in [1.807, 2.05) is 0 Å². The van der Waals surface area contributed by atoms with Crippen LogP contribution in [0.4, 0.5) is 5.69 Å². The standard InChI is InChI=1S/C36H57NO17S/c38-37(39)34-6-8-35(9-7-34)53-32-30-51-28-26-49-24-22-47-20-18-45-16-14-43-12-10-42-11-13-44-15-17-46-19-21-48-23-25-50-27-29-52-31-33-54-55(40,41)36-4-2-1-3-5-36/h1-9H,10-33H2. The summed E-state index contributed by atoms with van der Waals surface area (Å²) in [4.78, 5) is 10.3. The SMILES string of the molecule is O=[N+]([O-])c1ccc(OCCOCCOCCOCCOCCOCCOCCOCCOCCOCCOCCOCCOS(=O)(=O)c2ccccc2)cc1. The molecule has 2 aromatic rings. The molecule has 0 saturated heterocycles. The van der Waals surface area contributed by atoms with Gasteiger partial charge < -0.3 is 56.8 Å². The summed E-state index contributed by atoms with van der Waals surface area (Å²) in [7, 11) is -3.77. The minimum atomic E-state index is -3.77. The number of nitrogens with zero attached hydrogens (tertiary/aromatic N) is 1. The molecule has 0 aliphatic carbocycles. The van der Waals surface area contributed by atoms with E-state index in [0.29, 0.717) is 151 Å². The normalized spacial score (nSPS) is 11.6. The molecule has 0 spiro atoms. The molecule has 2 aromatic carbocycles. The molecule has 0 amide bonds. The van der Waals surface area contributed by atoms with Gasteiger partial charge in [-0.05, 0) is 24.3 Å². The van der Waals surface area contributed by atoms with Crippen molar-refractivity contribution >= 4 is 15.8 Å². The maximum Gasteiger partial charge on any atom is 0.297 e. The van der Waals surface area contributed by atoms with Gasteiger partial charge in [0.25, 0.3) is 15.8 Å². The van der Waals surface area contributed by atoms with E-state index in [1.54, 1.807) is 30.3 Å². The van der Waals surface area contributed by atoms with Crippen LogP contribution in [0.1, 0.15) is 0 Å². The Morgan fingerprint density at radius 2 is 0.691 bits per heavy atom. The molecule has 0 fully saturated rings. The minimum Gasteiger partial charge on any atom is -0.491 e. The number of hydrogen-bond donors (Lipinski definition) is 0. The average Bonchev–Trinajstić information content (AvgIpc) is 3.19. The van der Waals surface area contributed by atoms with E-state index in [2.05, 4.69) is 0 Å². The molecule has 0 saturated carbocycles. The second-order valence-corrected chi connectivity index (χ2v) is 12.5. The Hall–Kier alpha value is -2.89. The monoisotopic (exact) mass is 807 g/mol. The fraction of sp³-hybridized carbons (Fsp3) is 0.667. The van der Waals surface area contributed by atoms with Gasteiger partial charge in [0.05, 0.1) is 162 Å². The molecule has 0 atom stereocenters. The van der Waals surface area contributed by atoms with Crippen molar-refractivity contribution in [3.8, 4) is 5.75 Å². The van der Waals surface area contributed by atoms with Crippen molar-refractivity contribution in [3.05, 3.63) is 64.7 Å². The molecular weight excluding hydrogens is 750 g/mol. The van der Waals surface area contributed by atoms with Crippen molar-refractivity contribution in [1.29, 1.82) is 0 Å². The third-order valence-electron chi connectivity index (χ3n) is 6.76. The summed E-state index contributed by atoms with van der Waals surface area (Å²) in [6.45, 7) is 9.61. The van der Waals surface area contributed by atoms with Gasteiger partial charge in [-0.1, -0.05) is 18.2 Å². The molecule has 0 radical (unpaired) electrons. The Balaban J connectivity index is 1.16. The molecule has 0 heterocycles. The van der Waals surface area contributed by atoms with Crippen molar-refractivity contribution in [2.75, 3.05) is 159 Å². The molecule has 314 valence electrons. The highest BCUT2D eigenvalue weighted by Gasteiger charge is 2.13. The fourth-order valence-electron chi connectivity index (χ4n) is 4.04. The van der Waals surface area contributed by atoms with Crippen LogP contribution < -0.4 is 4.74 Å². The van der Waals surface area contributed by atoms with Crippen LogP contribution in [-0.2, 0) is 66.4 Å². The van der Waals surface area contributed by atoms with E-state index in [0.717, 1.165) is 0 Å². The van der Waals surface area contributed by atoms with Crippen molar-refractivity contribution < 1.29 is 74.4 Å². The van der Waals surface area contributed by atoms with Crippen molar-refractivity contribution in [3.63, 3.8) is 0 Å². The summed E-state index contributed by atoms with van der Waals surface area (Å²) in [5.41, 5.74) is 0.0189. The molecule has 0 bridgehead atoms. The number of ether oxygens (including phenoxy) is 12. The van der Waals surface area contributed by atoms with Crippen LogP contribution in [0, 0.1) is 10.1 Å². The van der Waals surface area contributed by atoms with Gasteiger partial charge in [-0.3, -0.25) is 14.3 Å². The van der Waals surface area contributed by atoms with Gasteiger partial charge in [-0.15, -0.1) is 0 Å². The van der Waals surface area contributed by atoms with E-state index in [4.69, 9.17) is 61.0 Å². The Labute approximate surface area is 323 Å². The summed E-state index contributed by atoms with van der Waals surface area (Å²) in [5, 5.41) is 10.6. The van der Waals surface area contributed by atoms with Crippen LogP contribution in [0.25, 0.3) is 0 Å². The van der Waals surface area contributed by atoms with Crippen LogP contribution in [0.2, 0.25) is 0 Å². The molecule has 0 unspecified atom stereocenters. The van der Waals surface area contributed by atoms with Gasteiger partial charge in [0, 0.05) is 12.1 Å². The topological polar surface area (TPSA) is 197 Å². The molecule has 55 heavy (non-hydrogen) atoms. The number of nitro groups is 1. The number of rotatable bonds is 40. The summed E-state index contributed by atoms with van der Waals surface area (Å²) in [6, 6.07) is 13.8. The lowest BCUT2D eigenvalue weighted by Gasteiger charge is -2.09. The second-order valence-electron chi connectivity index (χ2n) is 10.9. The highest BCUT2D eigenvalue weighted by atomic mass is 32.2. The smallest absolute Gasteiger partial charge is 0.297 e. The zero-order valence-corrected chi connectivity index (χ0v) is 32.3. The van der Waals surface area contributed by atoms with Crippen molar-refractivity contribution in [2.24, 2.45) is 0 Å². The molecule has 2 rings (SSSR count). The van der Waals surface area contributed by atoms with Gasteiger partial charge in [-0.2, -0.15) is 8.42 Å². The highest BCUT2D eigenvalue weighted by Crippen LogP contribution is 2.17. The lowest BCUT2D eigenvalue weighted by Crippen LogP contribution is -2.16. The molecule has 0 aromatic heterocycles. The molecular formula is C36H57NO17S. The Kier molecular flexibility index (Phi) is 30.2. The zero-order valence-electron chi connectivity index (χ0n) is 31.5. The van der Waals surface area contributed by atoms with Gasteiger partial charge in [0.1, 0.15) is 12.4 Å². The van der Waals surface area contributed by atoms with Gasteiger partial charge in [0.2, 0.25) is 0 Å². The number of non-ortho nitro benzene ring substituents is 1. The highest BCUT2D eigenvalue weighted by molar-refractivity contribution is 7.86. The number of benzene rings is 2. The molecule has 0 aliphatic rings. The fourth-order valence-corrected chi connectivity index (χ4v) is 4.96. The van der Waals surface area contributed by atoms with Crippen LogP contribution in [-0.4, -0.2) is 172 Å². The first kappa shape index (κ1) is 48.3. The van der Waals surface area contributed by atoms with E-state index in [-0.39, 0.29) is 23.8 Å². The molecule has 18 nitrogen and oxygen atoms in total. The maximum atomic E-state index is 12.0. The first-order valence-electron chi connectivity index (χ1n) is 18.2. The molecule has 0 aliphatic heterocycles.